The van der Waals surface area contributed by atoms with Crippen LogP contribution in [-0.2, 0) is 6.54 Å². The van der Waals surface area contributed by atoms with Crippen LogP contribution >= 0.6 is 11.6 Å². The first-order valence-electron chi connectivity index (χ1n) is 10.6. The minimum atomic E-state index is 0.318. The molecule has 5 rings (SSSR count). The van der Waals surface area contributed by atoms with Crippen LogP contribution in [0.15, 0.2) is 67.0 Å². The number of benzene rings is 2. The smallest absolute Gasteiger partial charge is 0.0737 e. The van der Waals surface area contributed by atoms with Crippen LogP contribution in [0.1, 0.15) is 31.2 Å². The third-order valence-corrected chi connectivity index (χ3v) is 6.41. The maximum atomic E-state index is 6.22. The van der Waals surface area contributed by atoms with Crippen molar-refractivity contribution in [3.63, 3.8) is 0 Å². The number of pyridine rings is 2. The Morgan fingerprint density at radius 1 is 0.933 bits per heavy atom. The Labute approximate surface area is 181 Å². The normalized spacial score (nSPS) is 19.3. The van der Waals surface area contributed by atoms with Gasteiger partial charge in [0.05, 0.1) is 11.0 Å². The molecule has 1 saturated carbocycles. The Hall–Kier alpha value is -2.69. The first-order valence-corrected chi connectivity index (χ1v) is 11.0. The topological polar surface area (TPSA) is 55.0 Å². The molecule has 4 nitrogen and oxygen atoms in total. The zero-order valence-electron chi connectivity index (χ0n) is 16.8. The van der Waals surface area contributed by atoms with Crippen LogP contribution in [0, 0.1) is 0 Å². The van der Waals surface area contributed by atoms with E-state index in [0.717, 1.165) is 48.6 Å². The van der Waals surface area contributed by atoms with Gasteiger partial charge >= 0.3 is 0 Å². The molecule has 0 unspecified atom stereocenters. The summed E-state index contributed by atoms with van der Waals surface area (Å²) in [6.45, 7) is 0.805. The summed E-state index contributed by atoms with van der Waals surface area (Å²) in [5.41, 5.74) is 10.6. The molecule has 0 aliphatic heterocycles. The highest BCUT2D eigenvalue weighted by Crippen LogP contribution is 2.34. The number of nitrogens with zero attached hydrogens (tertiary/aromatic N) is 3. The van der Waals surface area contributed by atoms with Crippen molar-refractivity contribution in [3.8, 4) is 0 Å². The highest BCUT2D eigenvalue weighted by Gasteiger charge is 2.26. The third-order valence-electron chi connectivity index (χ3n) is 6.17. The second-order valence-corrected chi connectivity index (χ2v) is 8.66. The molecule has 5 heteroatoms. The number of nitrogens with two attached hydrogens (primary N) is 1. The van der Waals surface area contributed by atoms with Crippen LogP contribution in [0.3, 0.4) is 0 Å². The molecule has 2 aromatic carbocycles. The number of aromatic nitrogens is 2. The predicted octanol–water partition coefficient (Wildman–Crippen LogP) is 5.71. The summed E-state index contributed by atoms with van der Waals surface area (Å²) in [5.74, 6) is 0. The van der Waals surface area contributed by atoms with Crippen molar-refractivity contribution in [2.24, 2.45) is 5.73 Å². The van der Waals surface area contributed by atoms with Crippen LogP contribution in [0.4, 0.5) is 5.69 Å². The summed E-state index contributed by atoms with van der Waals surface area (Å²) in [6, 6.07) is 19.4. The lowest BCUT2D eigenvalue weighted by atomic mass is 9.90. The van der Waals surface area contributed by atoms with Gasteiger partial charge in [0.2, 0.25) is 0 Å². The van der Waals surface area contributed by atoms with Crippen LogP contribution < -0.4 is 10.6 Å². The Bertz CT molecular complexity index is 1180. The van der Waals surface area contributed by atoms with Crippen LogP contribution in [0.5, 0.6) is 0 Å². The molecule has 0 saturated heterocycles. The van der Waals surface area contributed by atoms with Crippen molar-refractivity contribution < 1.29 is 0 Å². The maximum Gasteiger partial charge on any atom is 0.0737 e. The molecular formula is C25H25ClN4. The fraction of sp³-hybridized carbons (Fsp3) is 0.280. The molecule has 30 heavy (non-hydrogen) atoms. The van der Waals surface area contributed by atoms with E-state index in [1.165, 1.54) is 16.6 Å². The fourth-order valence-corrected chi connectivity index (χ4v) is 4.75. The van der Waals surface area contributed by atoms with Gasteiger partial charge in [0.25, 0.3) is 0 Å². The Balaban J connectivity index is 1.56. The van der Waals surface area contributed by atoms with Gasteiger partial charge in [-0.25, -0.2) is 0 Å². The van der Waals surface area contributed by atoms with Gasteiger partial charge in [0.1, 0.15) is 0 Å². The summed E-state index contributed by atoms with van der Waals surface area (Å²) in [4.78, 5) is 11.8. The number of para-hydroxylation sites is 1. The van der Waals surface area contributed by atoms with Gasteiger partial charge in [-0.3, -0.25) is 9.97 Å². The van der Waals surface area contributed by atoms with Gasteiger partial charge in [-0.1, -0.05) is 29.8 Å². The van der Waals surface area contributed by atoms with Crippen molar-refractivity contribution in [2.75, 3.05) is 4.90 Å². The van der Waals surface area contributed by atoms with Gasteiger partial charge in [0, 0.05) is 52.5 Å². The molecule has 0 amide bonds. The zero-order valence-corrected chi connectivity index (χ0v) is 17.6. The maximum absolute atomic E-state index is 6.22. The lowest BCUT2D eigenvalue weighted by Crippen LogP contribution is -2.40. The Morgan fingerprint density at radius 2 is 1.77 bits per heavy atom. The molecule has 4 aromatic rings. The first-order chi connectivity index (χ1) is 14.7. The standard InChI is InChI=1S/C25H25ClN4/c26-19-5-10-22-24(14-19)28-12-11-25(22)30(21-8-6-20(27)7-9-21)16-17-13-18-3-1-2-4-23(18)29-15-17/h1-5,10-15,20-21H,6-9,16,27H2. The Morgan fingerprint density at radius 3 is 2.63 bits per heavy atom. The van der Waals surface area contributed by atoms with Crippen molar-refractivity contribution in [2.45, 2.75) is 44.3 Å². The van der Waals surface area contributed by atoms with Crippen molar-refractivity contribution in [3.05, 3.63) is 77.6 Å². The van der Waals surface area contributed by atoms with E-state index in [1.54, 1.807) is 0 Å². The fourth-order valence-electron chi connectivity index (χ4n) is 4.58. The number of fused-ring (bicyclic) bond motifs is 2. The van der Waals surface area contributed by atoms with E-state index in [4.69, 9.17) is 17.3 Å². The van der Waals surface area contributed by atoms with Gasteiger partial charge in [-0.2, -0.15) is 0 Å². The van der Waals surface area contributed by atoms with Gasteiger partial charge in [0.15, 0.2) is 0 Å². The van der Waals surface area contributed by atoms with E-state index in [0.29, 0.717) is 17.1 Å². The van der Waals surface area contributed by atoms with E-state index in [2.05, 4.69) is 51.3 Å². The monoisotopic (exact) mass is 416 g/mol. The highest BCUT2D eigenvalue weighted by atomic mass is 35.5. The van der Waals surface area contributed by atoms with Gasteiger partial charge < -0.3 is 10.6 Å². The van der Waals surface area contributed by atoms with Gasteiger partial charge in [-0.05, 0) is 67.6 Å². The average molecular weight is 417 g/mol. The highest BCUT2D eigenvalue weighted by molar-refractivity contribution is 6.31. The lowest BCUT2D eigenvalue weighted by molar-refractivity contribution is 0.374. The largest absolute Gasteiger partial charge is 0.364 e. The summed E-state index contributed by atoms with van der Waals surface area (Å²) in [5, 5.41) is 3.01. The van der Waals surface area contributed by atoms with Crippen LogP contribution in [0.25, 0.3) is 21.8 Å². The average Bonchev–Trinajstić information content (AvgIpc) is 2.77. The number of rotatable bonds is 4. The molecule has 0 atom stereocenters. The minimum absolute atomic E-state index is 0.318. The van der Waals surface area contributed by atoms with Gasteiger partial charge in [-0.15, -0.1) is 0 Å². The summed E-state index contributed by atoms with van der Waals surface area (Å²) in [6.07, 6.45) is 8.20. The second-order valence-electron chi connectivity index (χ2n) is 8.22. The van der Waals surface area contributed by atoms with Crippen LogP contribution in [-0.4, -0.2) is 22.1 Å². The SMILES string of the molecule is NC1CCC(N(Cc2cnc3ccccc3c2)c2ccnc3cc(Cl)ccc23)CC1. The summed E-state index contributed by atoms with van der Waals surface area (Å²) in [7, 11) is 0. The third kappa shape index (κ3) is 3.85. The summed E-state index contributed by atoms with van der Waals surface area (Å²) < 4.78 is 0. The molecule has 2 heterocycles. The lowest BCUT2D eigenvalue weighted by Gasteiger charge is -2.38. The molecule has 2 aromatic heterocycles. The molecule has 152 valence electrons. The molecule has 1 fully saturated rings. The summed E-state index contributed by atoms with van der Waals surface area (Å²) >= 11 is 6.22. The number of hydrogen-bond donors (Lipinski definition) is 1. The Kier molecular flexibility index (Phi) is 5.28. The zero-order chi connectivity index (χ0) is 20.5. The quantitative estimate of drug-likeness (QED) is 0.462. The van der Waals surface area contributed by atoms with Crippen molar-refractivity contribution in [1.29, 1.82) is 0 Å². The first kappa shape index (κ1) is 19.3. The molecule has 0 bridgehead atoms. The van der Waals surface area contributed by atoms with E-state index in [9.17, 15) is 0 Å². The predicted molar refractivity (Wildman–Crippen MR) is 125 cm³/mol. The number of halogens is 1. The van der Waals surface area contributed by atoms with Crippen LogP contribution in [0.2, 0.25) is 5.02 Å². The molecule has 1 aliphatic carbocycles. The minimum Gasteiger partial charge on any atom is -0.364 e. The molecule has 0 spiro atoms. The molecular weight excluding hydrogens is 392 g/mol. The molecule has 0 radical (unpaired) electrons. The van der Waals surface area contributed by atoms with E-state index < -0.39 is 0 Å². The number of anilines is 1. The van der Waals surface area contributed by atoms with E-state index >= 15 is 0 Å². The van der Waals surface area contributed by atoms with Crippen molar-refractivity contribution >= 4 is 39.1 Å². The van der Waals surface area contributed by atoms with E-state index in [1.807, 2.05) is 30.6 Å². The molecule has 1 aliphatic rings. The second kappa shape index (κ2) is 8.21. The van der Waals surface area contributed by atoms with Crippen molar-refractivity contribution in [1.82, 2.24) is 9.97 Å². The molecule has 2 N–H and O–H groups in total. The number of hydrogen-bond acceptors (Lipinski definition) is 4. The van der Waals surface area contributed by atoms with E-state index in [-0.39, 0.29) is 0 Å².